The number of hydrogen-bond acceptors (Lipinski definition) is 6. The van der Waals surface area contributed by atoms with Crippen molar-refractivity contribution in [2.75, 3.05) is 16.6 Å². The molecule has 0 unspecified atom stereocenters. The number of hydrogen-bond donors (Lipinski definition) is 1. The third-order valence-electron chi connectivity index (χ3n) is 6.30. The lowest BCUT2D eigenvalue weighted by molar-refractivity contribution is -0.126. The molecule has 7 nitrogen and oxygen atoms in total. The van der Waals surface area contributed by atoms with Gasteiger partial charge in [-0.2, -0.15) is 0 Å². The van der Waals surface area contributed by atoms with Gasteiger partial charge in [-0.1, -0.05) is 35.9 Å². The van der Waals surface area contributed by atoms with E-state index in [-0.39, 0.29) is 17.4 Å². The molecule has 180 valence electrons. The van der Waals surface area contributed by atoms with E-state index in [1.807, 2.05) is 37.3 Å². The van der Waals surface area contributed by atoms with Crippen molar-refractivity contribution in [2.24, 2.45) is 5.92 Å². The summed E-state index contributed by atoms with van der Waals surface area (Å²) in [5.41, 5.74) is 2.43. The second-order valence-corrected chi connectivity index (χ2v) is 9.60. The van der Waals surface area contributed by atoms with Gasteiger partial charge in [-0.15, -0.1) is 0 Å². The Morgan fingerprint density at radius 3 is 2.54 bits per heavy atom. The van der Waals surface area contributed by atoms with Crippen molar-refractivity contribution in [3.05, 3.63) is 81.3 Å². The second kappa shape index (κ2) is 9.18. The van der Waals surface area contributed by atoms with Crippen LogP contribution in [-0.4, -0.2) is 29.6 Å². The van der Waals surface area contributed by atoms with Crippen LogP contribution in [0.4, 0.5) is 11.4 Å². The van der Waals surface area contributed by atoms with Crippen LogP contribution in [0.5, 0.6) is 11.5 Å². The molecule has 5 rings (SSSR count). The van der Waals surface area contributed by atoms with Crippen LogP contribution in [0.15, 0.2) is 65.1 Å². The molecule has 3 aromatic carbocycles. The van der Waals surface area contributed by atoms with Crippen molar-refractivity contribution in [2.45, 2.75) is 26.0 Å². The number of benzene rings is 3. The van der Waals surface area contributed by atoms with Crippen LogP contribution in [0.25, 0.3) is 0 Å². The summed E-state index contributed by atoms with van der Waals surface area (Å²) in [6, 6.07) is 17.1. The Morgan fingerprint density at radius 1 is 1.09 bits per heavy atom. The van der Waals surface area contributed by atoms with Crippen LogP contribution in [-0.2, 0) is 14.4 Å². The maximum atomic E-state index is 13.8. The van der Waals surface area contributed by atoms with Crippen LogP contribution < -0.4 is 14.7 Å². The van der Waals surface area contributed by atoms with Crippen LogP contribution >= 0.6 is 27.5 Å². The quantitative estimate of drug-likeness (QED) is 0.414. The van der Waals surface area contributed by atoms with Crippen molar-refractivity contribution in [3.8, 4) is 11.5 Å². The lowest BCUT2D eigenvalue weighted by Crippen LogP contribution is -2.37. The number of rotatable bonds is 5. The third-order valence-corrected chi connectivity index (χ3v) is 7.31. The lowest BCUT2D eigenvalue weighted by Gasteiger charge is -2.29. The molecule has 2 aliphatic heterocycles. The summed E-state index contributed by atoms with van der Waals surface area (Å²) in [4.78, 5) is 34.7. The Labute approximate surface area is 215 Å². The highest BCUT2D eigenvalue weighted by Crippen LogP contribution is 2.50. The monoisotopic (exact) mass is 556 g/mol. The van der Waals surface area contributed by atoms with E-state index >= 15 is 0 Å². The molecule has 3 aromatic rings. The largest absolute Gasteiger partial charge is 0.503 e. The topological polar surface area (TPSA) is 79.3 Å². The minimum absolute atomic E-state index is 0.0395. The van der Waals surface area contributed by atoms with Gasteiger partial charge < -0.3 is 9.84 Å². The number of fused-ring (bicyclic) bond motifs is 1. The van der Waals surface area contributed by atoms with Crippen molar-refractivity contribution >= 4 is 50.7 Å². The first-order valence-corrected chi connectivity index (χ1v) is 12.3. The molecular formula is C26H22BrClN2O5. The van der Waals surface area contributed by atoms with Crippen molar-refractivity contribution in [3.63, 3.8) is 0 Å². The van der Waals surface area contributed by atoms with E-state index in [4.69, 9.17) is 21.2 Å². The molecular weight excluding hydrogens is 536 g/mol. The Morgan fingerprint density at radius 2 is 1.83 bits per heavy atom. The maximum absolute atomic E-state index is 13.8. The number of hydroxylamine groups is 1. The standard InChI is InChI=1S/C26H22BrClN2O5/c1-3-34-20-13-15(12-17(27)23(20)31)22-21-24(35-30(22)16-8-5-4-6-9-16)26(33)29(25(21)32)19-11-7-10-18(28)14(19)2/h4-13,21-22,24,31H,3H2,1-2H3/t21-,22-,24-/m0/s1. The van der Waals surface area contributed by atoms with Gasteiger partial charge in [0.1, 0.15) is 5.92 Å². The molecule has 0 aliphatic carbocycles. The van der Waals surface area contributed by atoms with Gasteiger partial charge in [0.15, 0.2) is 17.6 Å². The number of phenolic OH excluding ortho intramolecular Hbond substituents is 1. The van der Waals surface area contributed by atoms with E-state index < -0.39 is 24.0 Å². The highest BCUT2D eigenvalue weighted by atomic mass is 79.9. The summed E-state index contributed by atoms with van der Waals surface area (Å²) in [6.45, 7) is 3.93. The molecule has 2 amide bonds. The van der Waals surface area contributed by atoms with Gasteiger partial charge in [0, 0.05) is 5.02 Å². The Bertz CT molecular complexity index is 1320. The van der Waals surface area contributed by atoms with E-state index in [1.165, 1.54) is 4.90 Å². The molecule has 0 bridgehead atoms. The predicted molar refractivity (Wildman–Crippen MR) is 136 cm³/mol. The zero-order chi connectivity index (χ0) is 24.9. The number of aromatic hydroxyl groups is 1. The number of phenols is 1. The molecule has 2 fully saturated rings. The molecule has 9 heteroatoms. The molecule has 2 aliphatic rings. The Kier molecular flexibility index (Phi) is 6.21. The molecule has 0 spiro atoms. The van der Waals surface area contributed by atoms with E-state index in [0.717, 1.165) is 0 Å². The van der Waals surface area contributed by atoms with Crippen LogP contribution in [0.3, 0.4) is 0 Å². The average Bonchev–Trinajstić information content (AvgIpc) is 3.35. The molecule has 3 atom stereocenters. The normalized spacial score (nSPS) is 21.5. The third kappa shape index (κ3) is 3.86. The first kappa shape index (κ1) is 23.7. The number of para-hydroxylation sites is 1. The molecule has 35 heavy (non-hydrogen) atoms. The number of halogens is 2. The SMILES string of the molecule is CCOc1cc([C@H]2[C@@H]3C(=O)N(c4cccc(Cl)c4C)C(=O)[C@H]3ON2c2ccccc2)cc(Br)c1O. The number of nitrogens with zero attached hydrogens (tertiary/aromatic N) is 2. The second-order valence-electron chi connectivity index (χ2n) is 8.34. The number of imide groups is 1. The molecule has 0 radical (unpaired) electrons. The van der Waals surface area contributed by atoms with Gasteiger partial charge in [-0.3, -0.25) is 14.4 Å². The Hall–Kier alpha value is -3.07. The highest BCUT2D eigenvalue weighted by molar-refractivity contribution is 9.10. The molecule has 2 heterocycles. The number of carbonyl (C=O) groups is 2. The zero-order valence-corrected chi connectivity index (χ0v) is 21.3. The van der Waals surface area contributed by atoms with Gasteiger partial charge in [0.05, 0.1) is 28.5 Å². The van der Waals surface area contributed by atoms with Gasteiger partial charge in [-0.25, -0.2) is 9.96 Å². The van der Waals surface area contributed by atoms with Crippen molar-refractivity contribution < 1.29 is 24.3 Å². The minimum Gasteiger partial charge on any atom is -0.503 e. The van der Waals surface area contributed by atoms with E-state index in [0.29, 0.717) is 38.6 Å². The van der Waals surface area contributed by atoms with Crippen LogP contribution in [0, 0.1) is 12.8 Å². The zero-order valence-electron chi connectivity index (χ0n) is 18.9. The van der Waals surface area contributed by atoms with Gasteiger partial charge in [-0.05, 0) is 77.3 Å². The fraction of sp³-hybridized carbons (Fsp3) is 0.231. The summed E-state index contributed by atoms with van der Waals surface area (Å²) in [7, 11) is 0. The summed E-state index contributed by atoms with van der Waals surface area (Å²) in [6.07, 6.45) is -1.02. The minimum atomic E-state index is -1.02. The summed E-state index contributed by atoms with van der Waals surface area (Å²) in [5.74, 6) is -1.42. The summed E-state index contributed by atoms with van der Waals surface area (Å²) < 4.78 is 6.03. The van der Waals surface area contributed by atoms with E-state index in [9.17, 15) is 14.7 Å². The van der Waals surface area contributed by atoms with Crippen LogP contribution in [0.1, 0.15) is 24.1 Å². The number of amides is 2. The Balaban J connectivity index is 1.64. The van der Waals surface area contributed by atoms with Crippen molar-refractivity contribution in [1.82, 2.24) is 0 Å². The summed E-state index contributed by atoms with van der Waals surface area (Å²) in [5, 5.41) is 12.5. The summed E-state index contributed by atoms with van der Waals surface area (Å²) >= 11 is 9.67. The number of ether oxygens (including phenoxy) is 1. The average molecular weight is 558 g/mol. The number of anilines is 2. The lowest BCUT2D eigenvalue weighted by atomic mass is 9.90. The van der Waals surface area contributed by atoms with Gasteiger partial charge in [0.2, 0.25) is 5.91 Å². The fourth-order valence-corrected chi connectivity index (χ4v) is 5.29. The first-order valence-electron chi connectivity index (χ1n) is 11.1. The molecule has 2 saturated heterocycles. The highest BCUT2D eigenvalue weighted by Gasteiger charge is 2.60. The van der Waals surface area contributed by atoms with Crippen LogP contribution in [0.2, 0.25) is 5.02 Å². The molecule has 0 aromatic heterocycles. The van der Waals surface area contributed by atoms with Gasteiger partial charge in [0.25, 0.3) is 5.91 Å². The van der Waals surface area contributed by atoms with E-state index in [1.54, 1.807) is 42.3 Å². The maximum Gasteiger partial charge on any atom is 0.266 e. The number of carbonyl (C=O) groups excluding carboxylic acids is 2. The molecule has 0 saturated carbocycles. The fourth-order valence-electron chi connectivity index (χ4n) is 4.66. The first-order chi connectivity index (χ1) is 16.8. The van der Waals surface area contributed by atoms with E-state index in [2.05, 4.69) is 15.9 Å². The predicted octanol–water partition coefficient (Wildman–Crippen LogP) is 5.57. The van der Waals surface area contributed by atoms with Crippen molar-refractivity contribution in [1.29, 1.82) is 0 Å². The smallest absolute Gasteiger partial charge is 0.266 e. The molecule has 1 N–H and O–H groups in total. The van der Waals surface area contributed by atoms with Gasteiger partial charge >= 0.3 is 0 Å².